The van der Waals surface area contributed by atoms with Gasteiger partial charge in [-0.1, -0.05) is 26.7 Å². The van der Waals surface area contributed by atoms with Crippen molar-refractivity contribution in [1.29, 1.82) is 0 Å². The van der Waals surface area contributed by atoms with Crippen LogP contribution in [0.2, 0.25) is 0 Å². The van der Waals surface area contributed by atoms with Gasteiger partial charge in [-0.15, -0.1) is 0 Å². The van der Waals surface area contributed by atoms with E-state index in [0.717, 1.165) is 37.2 Å². The Balaban J connectivity index is 0.00000300. The zero-order valence-electron chi connectivity index (χ0n) is 17.9. The number of methoxy groups -OCH3 is 2. The van der Waals surface area contributed by atoms with E-state index in [1.807, 2.05) is 24.3 Å². The van der Waals surface area contributed by atoms with Gasteiger partial charge in [0.1, 0.15) is 23.6 Å². The van der Waals surface area contributed by atoms with Gasteiger partial charge in [-0.05, 0) is 55.0 Å². The predicted molar refractivity (Wildman–Crippen MR) is 112 cm³/mol. The Morgan fingerprint density at radius 2 is 1.48 bits per heavy atom. The van der Waals surface area contributed by atoms with Gasteiger partial charge in [0.05, 0.1) is 19.8 Å². The molecule has 1 aliphatic heterocycles. The Kier molecular flexibility index (Phi) is 8.38. The van der Waals surface area contributed by atoms with E-state index in [0.29, 0.717) is 0 Å². The summed E-state index contributed by atoms with van der Waals surface area (Å²) in [4.78, 5) is 0. The lowest BCUT2D eigenvalue weighted by atomic mass is 9.70. The number of aliphatic hydroxyl groups is 1. The van der Waals surface area contributed by atoms with Crippen LogP contribution in [-0.4, -0.2) is 24.9 Å². The molecule has 4 unspecified atom stereocenters. The molecule has 0 bridgehead atoms. The van der Waals surface area contributed by atoms with Crippen molar-refractivity contribution in [2.24, 2.45) is 5.92 Å². The van der Waals surface area contributed by atoms with Gasteiger partial charge in [-0.25, -0.2) is 0 Å². The van der Waals surface area contributed by atoms with Crippen LogP contribution in [-0.2, 0) is 0 Å². The Hall–Kier alpha value is -1.75. The molecule has 3 N–H and O–H groups in total. The largest absolute Gasteiger partial charge is 1.00 e. The van der Waals surface area contributed by atoms with Crippen LogP contribution in [0.25, 0.3) is 0 Å². The molecule has 5 heteroatoms. The first-order valence-corrected chi connectivity index (χ1v) is 10.4. The molecule has 1 saturated heterocycles. The van der Waals surface area contributed by atoms with Crippen LogP contribution >= 0.6 is 0 Å². The first-order valence-electron chi connectivity index (χ1n) is 10.4. The van der Waals surface area contributed by atoms with Crippen LogP contribution < -0.4 is 27.2 Å². The van der Waals surface area contributed by atoms with Gasteiger partial charge >= 0.3 is 0 Å². The second kappa shape index (κ2) is 10.3. The third-order valence-corrected chi connectivity index (χ3v) is 6.41. The van der Waals surface area contributed by atoms with Crippen molar-refractivity contribution in [3.63, 3.8) is 0 Å². The lowest BCUT2D eigenvalue weighted by molar-refractivity contribution is -0.756. The molecule has 0 saturated carbocycles. The van der Waals surface area contributed by atoms with Gasteiger partial charge < -0.3 is 32.3 Å². The third kappa shape index (κ3) is 5.25. The number of piperidine rings is 1. The highest BCUT2D eigenvalue weighted by Crippen LogP contribution is 2.41. The molecule has 0 amide bonds. The maximum absolute atomic E-state index is 11.7. The Morgan fingerprint density at radius 1 is 0.966 bits per heavy atom. The molecule has 0 aromatic heterocycles. The fraction of sp³-hybridized carbons (Fsp3) is 0.500. The zero-order chi connectivity index (χ0) is 20.1. The van der Waals surface area contributed by atoms with Crippen LogP contribution in [0.4, 0.5) is 0 Å². The van der Waals surface area contributed by atoms with E-state index in [1.165, 1.54) is 11.1 Å². The minimum atomic E-state index is -0.667. The van der Waals surface area contributed by atoms with Crippen molar-refractivity contribution in [2.75, 3.05) is 14.2 Å². The van der Waals surface area contributed by atoms with Gasteiger partial charge in [0.25, 0.3) is 0 Å². The van der Waals surface area contributed by atoms with Crippen LogP contribution in [0.1, 0.15) is 62.7 Å². The molecule has 2 aromatic carbocycles. The van der Waals surface area contributed by atoms with E-state index in [1.54, 1.807) is 14.2 Å². The number of benzene rings is 2. The second-order valence-electron chi connectivity index (χ2n) is 8.07. The molecular formula is C24H34ClNO3. The summed E-state index contributed by atoms with van der Waals surface area (Å²) in [5.41, 5.74) is 1.81. The Morgan fingerprint density at radius 3 is 1.97 bits per heavy atom. The van der Waals surface area contributed by atoms with Crippen LogP contribution in [0.3, 0.4) is 0 Å². The topological polar surface area (TPSA) is 55.3 Å². The minimum absolute atomic E-state index is 0. The number of nitrogens with two attached hydrogens (primary N) is 1. The number of hydrogen-bond donors (Lipinski definition) is 2. The average molecular weight is 420 g/mol. The summed E-state index contributed by atoms with van der Waals surface area (Å²) in [6, 6.07) is 17.0. The van der Waals surface area contributed by atoms with Crippen molar-refractivity contribution in [3.8, 4) is 11.5 Å². The molecule has 3 rings (SSSR count). The van der Waals surface area contributed by atoms with E-state index < -0.39 is 5.60 Å². The fourth-order valence-corrected chi connectivity index (χ4v) is 4.50. The van der Waals surface area contributed by atoms with Crippen molar-refractivity contribution < 1.29 is 32.3 Å². The van der Waals surface area contributed by atoms with Crippen molar-refractivity contribution in [2.45, 2.75) is 57.2 Å². The zero-order valence-corrected chi connectivity index (χ0v) is 18.7. The number of unbranched alkanes of at least 4 members (excludes halogenated alkanes) is 1. The normalized spacial score (nSPS) is 26.4. The minimum Gasteiger partial charge on any atom is -1.00 e. The van der Waals surface area contributed by atoms with Gasteiger partial charge in [-0.3, -0.25) is 0 Å². The second-order valence-corrected chi connectivity index (χ2v) is 8.07. The standard InChI is InChI=1S/C24H33NO3.ClH/c1-5-6-15-24(26)16-22(18-7-11-20(27-3)12-8-18)25-23(17(24)2)19-9-13-21(28-4)14-10-19;/h7-14,17,22-23,25-26H,5-6,15-16H2,1-4H3;1H. The molecule has 2 aromatic rings. The predicted octanol–water partition coefficient (Wildman–Crippen LogP) is 1.01. The Bertz CT molecular complexity index is 750. The molecule has 0 spiro atoms. The highest BCUT2D eigenvalue weighted by atomic mass is 35.5. The van der Waals surface area contributed by atoms with Crippen molar-refractivity contribution in [3.05, 3.63) is 59.7 Å². The van der Waals surface area contributed by atoms with Crippen LogP contribution in [0.15, 0.2) is 48.5 Å². The van der Waals surface area contributed by atoms with Crippen LogP contribution in [0.5, 0.6) is 11.5 Å². The molecule has 160 valence electrons. The van der Waals surface area contributed by atoms with Gasteiger partial charge in [-0.2, -0.15) is 0 Å². The summed E-state index contributed by atoms with van der Waals surface area (Å²) >= 11 is 0. The highest BCUT2D eigenvalue weighted by Gasteiger charge is 2.48. The van der Waals surface area contributed by atoms with Crippen LogP contribution in [0, 0.1) is 5.92 Å². The van der Waals surface area contributed by atoms with E-state index in [4.69, 9.17) is 9.47 Å². The molecule has 1 fully saturated rings. The maximum atomic E-state index is 11.7. The van der Waals surface area contributed by atoms with E-state index in [2.05, 4.69) is 43.4 Å². The summed E-state index contributed by atoms with van der Waals surface area (Å²) in [6.45, 7) is 4.39. The molecular weight excluding hydrogens is 386 g/mol. The quantitative estimate of drug-likeness (QED) is 0.704. The molecule has 4 atom stereocenters. The average Bonchev–Trinajstić information content (AvgIpc) is 2.74. The molecule has 1 aliphatic rings. The summed E-state index contributed by atoms with van der Waals surface area (Å²) in [7, 11) is 3.38. The highest BCUT2D eigenvalue weighted by molar-refractivity contribution is 5.31. The van der Waals surface area contributed by atoms with Crippen molar-refractivity contribution in [1.82, 2.24) is 0 Å². The Labute approximate surface area is 181 Å². The van der Waals surface area contributed by atoms with E-state index in [9.17, 15) is 5.11 Å². The first kappa shape index (κ1) is 23.5. The fourth-order valence-electron chi connectivity index (χ4n) is 4.50. The first-order chi connectivity index (χ1) is 13.5. The third-order valence-electron chi connectivity index (χ3n) is 6.41. The number of halogens is 1. The monoisotopic (exact) mass is 419 g/mol. The van der Waals surface area contributed by atoms with E-state index >= 15 is 0 Å². The SMILES string of the molecule is CCCCC1(O)CC(c2ccc(OC)cc2)[NH2+]C(c2ccc(OC)cc2)C1C.[Cl-]. The lowest BCUT2D eigenvalue weighted by Gasteiger charge is -2.45. The lowest BCUT2D eigenvalue weighted by Crippen LogP contribution is -3.00. The van der Waals surface area contributed by atoms with E-state index in [-0.39, 0.29) is 30.4 Å². The van der Waals surface area contributed by atoms with Crippen molar-refractivity contribution >= 4 is 0 Å². The molecule has 1 heterocycles. The molecule has 4 nitrogen and oxygen atoms in total. The number of ether oxygens (including phenoxy) is 2. The summed E-state index contributed by atoms with van der Waals surface area (Å²) in [5, 5.41) is 14.1. The number of quaternary nitrogens is 1. The molecule has 29 heavy (non-hydrogen) atoms. The number of rotatable bonds is 7. The smallest absolute Gasteiger partial charge is 0.118 e. The number of hydrogen-bond acceptors (Lipinski definition) is 3. The summed E-state index contributed by atoms with van der Waals surface area (Å²) in [5.74, 6) is 1.89. The summed E-state index contributed by atoms with van der Waals surface area (Å²) in [6.07, 6.45) is 3.76. The summed E-state index contributed by atoms with van der Waals surface area (Å²) < 4.78 is 10.6. The maximum Gasteiger partial charge on any atom is 0.118 e. The van der Waals surface area contributed by atoms with Gasteiger partial charge in [0, 0.05) is 23.5 Å². The molecule has 0 radical (unpaired) electrons. The molecule has 0 aliphatic carbocycles. The van der Waals surface area contributed by atoms with Gasteiger partial charge in [0.15, 0.2) is 0 Å². The van der Waals surface area contributed by atoms with Gasteiger partial charge in [0.2, 0.25) is 0 Å².